The van der Waals surface area contributed by atoms with E-state index in [4.69, 9.17) is 15.9 Å². The molecule has 28 heavy (non-hydrogen) atoms. The zero-order valence-corrected chi connectivity index (χ0v) is 17.2. The Kier molecular flexibility index (Phi) is 12.3. The Hall–Kier alpha value is -1.99. The van der Waals surface area contributed by atoms with Crippen LogP contribution >= 0.6 is 24.4 Å². The number of nitrogens with two attached hydrogens (primary N) is 1. The molecule has 0 aliphatic heterocycles. The number of hydrogen-bond acceptors (Lipinski definition) is 8. The van der Waals surface area contributed by atoms with Crippen molar-refractivity contribution in [2.75, 3.05) is 17.8 Å². The molecule has 160 valence electrons. The molecule has 0 aromatic carbocycles. The number of thioether (sulfide) groups is 1. The number of thiol groups is 1. The summed E-state index contributed by atoms with van der Waals surface area (Å²) in [5.74, 6) is -4.80. The summed E-state index contributed by atoms with van der Waals surface area (Å²) in [5.41, 5.74) is 5.47. The topological polar surface area (TPSA) is 188 Å². The first-order valence-corrected chi connectivity index (χ1v) is 10.3. The van der Waals surface area contributed by atoms with E-state index in [1.165, 1.54) is 18.7 Å². The minimum Gasteiger partial charge on any atom is -0.481 e. The van der Waals surface area contributed by atoms with Gasteiger partial charge in [-0.25, -0.2) is 4.79 Å². The lowest BCUT2D eigenvalue weighted by Gasteiger charge is -2.23. The number of nitrogens with one attached hydrogen (secondary N) is 3. The number of aliphatic carboxylic acids is 2. The van der Waals surface area contributed by atoms with Crippen LogP contribution in [0.25, 0.3) is 0 Å². The van der Waals surface area contributed by atoms with E-state index < -0.39 is 60.2 Å². The Morgan fingerprint density at radius 2 is 1.46 bits per heavy atom. The van der Waals surface area contributed by atoms with Crippen LogP contribution in [-0.4, -0.2) is 81.8 Å². The van der Waals surface area contributed by atoms with E-state index in [1.807, 2.05) is 0 Å². The second-order valence-corrected chi connectivity index (χ2v) is 7.22. The molecule has 3 amide bonds. The summed E-state index contributed by atoms with van der Waals surface area (Å²) in [6.07, 6.45) is 1.25. The SMILES string of the molecule is CSCCC(NC(=O)C(C)N)C(=O)NC(CC(=O)O)C(=O)NC(CS)C(=O)O. The average molecular weight is 439 g/mol. The zero-order valence-electron chi connectivity index (χ0n) is 15.5. The Labute approximate surface area is 172 Å². The molecule has 0 heterocycles. The minimum atomic E-state index is -1.53. The van der Waals surface area contributed by atoms with Crippen molar-refractivity contribution >= 4 is 54.1 Å². The van der Waals surface area contributed by atoms with E-state index in [1.54, 1.807) is 6.26 Å². The molecule has 0 rings (SSSR count). The Balaban J connectivity index is 5.30. The van der Waals surface area contributed by atoms with Crippen LogP contribution in [0.3, 0.4) is 0 Å². The van der Waals surface area contributed by atoms with Gasteiger partial charge in [0.25, 0.3) is 0 Å². The predicted octanol–water partition coefficient (Wildman–Crippen LogP) is -1.97. The predicted molar refractivity (Wildman–Crippen MR) is 106 cm³/mol. The van der Waals surface area contributed by atoms with Crippen LogP contribution in [0.5, 0.6) is 0 Å². The molecule has 0 spiro atoms. The molecule has 0 saturated carbocycles. The smallest absolute Gasteiger partial charge is 0.327 e. The van der Waals surface area contributed by atoms with Crippen molar-refractivity contribution in [1.82, 2.24) is 16.0 Å². The van der Waals surface area contributed by atoms with Gasteiger partial charge in [0.1, 0.15) is 18.1 Å². The van der Waals surface area contributed by atoms with Crippen LogP contribution in [0.4, 0.5) is 0 Å². The summed E-state index contributed by atoms with van der Waals surface area (Å²) in [5, 5.41) is 24.8. The fourth-order valence-electron chi connectivity index (χ4n) is 1.92. The molecule has 7 N–H and O–H groups in total. The van der Waals surface area contributed by atoms with Crippen molar-refractivity contribution in [2.24, 2.45) is 5.73 Å². The van der Waals surface area contributed by atoms with Crippen molar-refractivity contribution in [1.29, 1.82) is 0 Å². The lowest BCUT2D eigenvalue weighted by Crippen LogP contribution is -2.57. The van der Waals surface area contributed by atoms with Crippen molar-refractivity contribution in [3.63, 3.8) is 0 Å². The summed E-state index contributed by atoms with van der Waals surface area (Å²) in [6, 6.07) is -4.78. The highest BCUT2D eigenvalue weighted by Gasteiger charge is 2.30. The van der Waals surface area contributed by atoms with Gasteiger partial charge in [-0.15, -0.1) is 0 Å². The molecule has 11 nitrogen and oxygen atoms in total. The van der Waals surface area contributed by atoms with E-state index in [2.05, 4.69) is 28.6 Å². The van der Waals surface area contributed by atoms with E-state index in [0.717, 1.165) is 0 Å². The lowest BCUT2D eigenvalue weighted by molar-refractivity contribution is -0.143. The fourth-order valence-corrected chi connectivity index (χ4v) is 2.64. The first kappa shape index (κ1) is 26.0. The van der Waals surface area contributed by atoms with E-state index >= 15 is 0 Å². The molecule has 0 bridgehead atoms. The summed E-state index contributed by atoms with van der Waals surface area (Å²) in [4.78, 5) is 58.6. The molecule has 0 saturated heterocycles. The summed E-state index contributed by atoms with van der Waals surface area (Å²) in [6.45, 7) is 1.43. The summed E-state index contributed by atoms with van der Waals surface area (Å²) < 4.78 is 0. The molecule has 13 heteroatoms. The maximum atomic E-state index is 12.5. The Bertz CT molecular complexity index is 589. The van der Waals surface area contributed by atoms with Gasteiger partial charge in [0.15, 0.2) is 0 Å². The largest absolute Gasteiger partial charge is 0.481 e. The molecular formula is C15H26N4O7S2. The second kappa shape index (κ2) is 13.2. The van der Waals surface area contributed by atoms with Gasteiger partial charge in [-0.1, -0.05) is 0 Å². The van der Waals surface area contributed by atoms with Crippen LogP contribution in [0, 0.1) is 0 Å². The quantitative estimate of drug-likeness (QED) is 0.160. The molecule has 0 aliphatic rings. The third-order valence-corrected chi connectivity index (χ3v) is 4.48. The van der Waals surface area contributed by atoms with Gasteiger partial charge in [0, 0.05) is 5.75 Å². The number of carboxylic acid groups (broad SMARTS) is 2. The van der Waals surface area contributed by atoms with E-state index in [9.17, 15) is 24.0 Å². The Morgan fingerprint density at radius 1 is 0.964 bits per heavy atom. The van der Waals surface area contributed by atoms with Gasteiger partial charge in [-0.2, -0.15) is 24.4 Å². The highest BCUT2D eigenvalue weighted by Crippen LogP contribution is 2.04. The summed E-state index contributed by atoms with van der Waals surface area (Å²) in [7, 11) is 0. The number of rotatable bonds is 13. The standard InChI is InChI=1S/C15H26N4O7S2/c1-7(16)12(22)17-8(3-4-28-2)13(23)18-9(5-11(20)21)14(24)19-10(6-27)15(25)26/h7-10,27H,3-6,16H2,1-2H3,(H,17,22)(H,18,23)(H,19,24)(H,20,21)(H,25,26). The molecule has 0 radical (unpaired) electrons. The molecule has 0 fully saturated rings. The van der Waals surface area contributed by atoms with Crippen LogP contribution < -0.4 is 21.7 Å². The highest BCUT2D eigenvalue weighted by atomic mass is 32.2. The van der Waals surface area contributed by atoms with E-state index in [-0.39, 0.29) is 12.2 Å². The van der Waals surface area contributed by atoms with Gasteiger partial charge >= 0.3 is 11.9 Å². The third kappa shape index (κ3) is 9.80. The van der Waals surface area contributed by atoms with Crippen LogP contribution in [0.15, 0.2) is 0 Å². The first-order valence-electron chi connectivity index (χ1n) is 8.24. The maximum absolute atomic E-state index is 12.5. The van der Waals surface area contributed by atoms with Gasteiger partial charge in [-0.3, -0.25) is 19.2 Å². The van der Waals surface area contributed by atoms with Crippen molar-refractivity contribution in [3.8, 4) is 0 Å². The van der Waals surface area contributed by atoms with Crippen molar-refractivity contribution in [3.05, 3.63) is 0 Å². The normalized spacial score (nSPS) is 14.9. The van der Waals surface area contributed by atoms with Gasteiger partial charge in [0.2, 0.25) is 17.7 Å². The molecule has 4 unspecified atom stereocenters. The zero-order chi connectivity index (χ0) is 21.9. The molecular weight excluding hydrogens is 412 g/mol. The molecule has 0 aromatic rings. The van der Waals surface area contributed by atoms with Gasteiger partial charge in [-0.05, 0) is 25.4 Å². The number of carboxylic acids is 2. The van der Waals surface area contributed by atoms with Crippen molar-refractivity contribution in [2.45, 2.75) is 43.9 Å². The number of carbonyl (C=O) groups excluding carboxylic acids is 3. The third-order valence-electron chi connectivity index (χ3n) is 3.47. The summed E-state index contributed by atoms with van der Waals surface area (Å²) >= 11 is 5.23. The molecule has 0 aromatic heterocycles. The van der Waals surface area contributed by atoms with Crippen LogP contribution in [0.1, 0.15) is 19.8 Å². The molecule has 4 atom stereocenters. The van der Waals surface area contributed by atoms with Crippen LogP contribution in [0.2, 0.25) is 0 Å². The maximum Gasteiger partial charge on any atom is 0.327 e. The van der Waals surface area contributed by atoms with E-state index in [0.29, 0.717) is 5.75 Å². The second-order valence-electron chi connectivity index (χ2n) is 5.87. The van der Waals surface area contributed by atoms with Crippen molar-refractivity contribution < 1.29 is 34.2 Å². The van der Waals surface area contributed by atoms with Gasteiger partial charge in [0.05, 0.1) is 12.5 Å². The van der Waals surface area contributed by atoms with Gasteiger partial charge < -0.3 is 31.9 Å². The Morgan fingerprint density at radius 3 is 1.89 bits per heavy atom. The monoisotopic (exact) mass is 438 g/mol. The average Bonchev–Trinajstić information content (AvgIpc) is 2.60. The minimum absolute atomic E-state index is 0.223. The number of carbonyl (C=O) groups is 5. The lowest BCUT2D eigenvalue weighted by atomic mass is 10.1. The number of hydrogen-bond donors (Lipinski definition) is 7. The number of amides is 3. The highest BCUT2D eigenvalue weighted by molar-refractivity contribution is 7.98. The fraction of sp³-hybridized carbons (Fsp3) is 0.667. The first-order chi connectivity index (χ1) is 13.0. The van der Waals surface area contributed by atoms with Crippen LogP contribution in [-0.2, 0) is 24.0 Å². The molecule has 0 aliphatic carbocycles.